The van der Waals surface area contributed by atoms with Crippen LogP contribution in [0.3, 0.4) is 0 Å². The zero-order chi connectivity index (χ0) is 13.8. The van der Waals surface area contributed by atoms with Crippen molar-refractivity contribution in [1.29, 1.82) is 0 Å². The summed E-state index contributed by atoms with van der Waals surface area (Å²) in [6, 6.07) is 9.72. The summed E-state index contributed by atoms with van der Waals surface area (Å²) in [6.07, 6.45) is 7.12. The lowest BCUT2D eigenvalue weighted by Crippen LogP contribution is -2.50. The smallest absolute Gasteiger partial charge is 0.0239 e. The standard InChI is InChI=1S/C18H28N2/c1-15-7-5-6-8-17(15)14-20(13-16-11-19-12-16)18-9-3-2-4-10-18/h5-8,16,18-19H,2-4,9-14H2,1H3. The molecule has 1 saturated heterocycles. The van der Waals surface area contributed by atoms with Gasteiger partial charge in [0.15, 0.2) is 0 Å². The predicted molar refractivity (Wildman–Crippen MR) is 84.8 cm³/mol. The van der Waals surface area contributed by atoms with E-state index in [1.165, 1.54) is 62.9 Å². The number of benzene rings is 1. The van der Waals surface area contributed by atoms with Gasteiger partial charge in [-0.2, -0.15) is 0 Å². The van der Waals surface area contributed by atoms with Crippen LogP contribution >= 0.6 is 0 Å². The predicted octanol–water partition coefficient (Wildman–Crippen LogP) is 3.35. The van der Waals surface area contributed by atoms with Crippen molar-refractivity contribution >= 4 is 0 Å². The minimum Gasteiger partial charge on any atom is -0.316 e. The van der Waals surface area contributed by atoms with Gasteiger partial charge < -0.3 is 5.32 Å². The molecule has 110 valence electrons. The molecule has 20 heavy (non-hydrogen) atoms. The van der Waals surface area contributed by atoms with Crippen LogP contribution in [0.15, 0.2) is 24.3 Å². The Morgan fingerprint density at radius 3 is 2.50 bits per heavy atom. The van der Waals surface area contributed by atoms with Gasteiger partial charge in [-0.05, 0) is 36.8 Å². The van der Waals surface area contributed by atoms with Crippen molar-refractivity contribution in [3.63, 3.8) is 0 Å². The van der Waals surface area contributed by atoms with Gasteiger partial charge in [0.2, 0.25) is 0 Å². The van der Waals surface area contributed by atoms with E-state index in [9.17, 15) is 0 Å². The molecule has 2 aliphatic rings. The Balaban J connectivity index is 1.68. The maximum Gasteiger partial charge on any atom is 0.0239 e. The van der Waals surface area contributed by atoms with Crippen molar-refractivity contribution in [2.24, 2.45) is 5.92 Å². The Hall–Kier alpha value is -0.860. The molecular weight excluding hydrogens is 244 g/mol. The zero-order valence-corrected chi connectivity index (χ0v) is 12.8. The summed E-state index contributed by atoms with van der Waals surface area (Å²) in [4.78, 5) is 2.78. The van der Waals surface area contributed by atoms with Crippen LogP contribution < -0.4 is 5.32 Å². The molecule has 0 aromatic heterocycles. The molecular formula is C18H28N2. The van der Waals surface area contributed by atoms with E-state index in [0.717, 1.165) is 18.5 Å². The summed E-state index contributed by atoms with van der Waals surface area (Å²) in [5.74, 6) is 0.876. The van der Waals surface area contributed by atoms with Gasteiger partial charge in [-0.1, -0.05) is 43.5 Å². The zero-order valence-electron chi connectivity index (χ0n) is 12.8. The summed E-state index contributed by atoms with van der Waals surface area (Å²) < 4.78 is 0. The van der Waals surface area contributed by atoms with Crippen molar-refractivity contribution in [3.8, 4) is 0 Å². The van der Waals surface area contributed by atoms with Gasteiger partial charge in [-0.3, -0.25) is 4.90 Å². The molecule has 0 spiro atoms. The van der Waals surface area contributed by atoms with Gasteiger partial charge in [0.1, 0.15) is 0 Å². The lowest BCUT2D eigenvalue weighted by atomic mass is 9.92. The summed E-state index contributed by atoms with van der Waals surface area (Å²) in [5, 5.41) is 3.42. The average molecular weight is 272 g/mol. The van der Waals surface area contributed by atoms with Gasteiger partial charge >= 0.3 is 0 Å². The molecule has 3 rings (SSSR count). The molecule has 0 radical (unpaired) electrons. The number of hydrogen-bond acceptors (Lipinski definition) is 2. The number of aryl methyl sites for hydroxylation is 1. The summed E-state index contributed by atoms with van der Waals surface area (Å²) in [7, 11) is 0. The van der Waals surface area contributed by atoms with E-state index in [2.05, 4.69) is 41.4 Å². The first kappa shape index (κ1) is 14.1. The molecule has 0 amide bonds. The average Bonchev–Trinajstić information content (AvgIpc) is 2.44. The molecule has 1 N–H and O–H groups in total. The monoisotopic (exact) mass is 272 g/mol. The minimum atomic E-state index is 0.823. The Morgan fingerprint density at radius 2 is 1.85 bits per heavy atom. The van der Waals surface area contributed by atoms with E-state index in [-0.39, 0.29) is 0 Å². The first-order valence-corrected chi connectivity index (χ1v) is 8.32. The normalized spacial score (nSPS) is 21.1. The molecule has 2 heteroatoms. The van der Waals surface area contributed by atoms with Crippen LogP contribution in [-0.2, 0) is 6.54 Å². The van der Waals surface area contributed by atoms with E-state index in [1.807, 2.05) is 0 Å². The van der Waals surface area contributed by atoms with E-state index >= 15 is 0 Å². The third kappa shape index (κ3) is 3.42. The van der Waals surface area contributed by atoms with Crippen molar-refractivity contribution in [3.05, 3.63) is 35.4 Å². The fraction of sp³-hybridized carbons (Fsp3) is 0.667. The summed E-state index contributed by atoms with van der Waals surface area (Å²) >= 11 is 0. The van der Waals surface area contributed by atoms with Crippen LogP contribution in [0.4, 0.5) is 0 Å². The molecule has 2 fully saturated rings. The Bertz CT molecular complexity index is 419. The highest BCUT2D eigenvalue weighted by Gasteiger charge is 2.26. The van der Waals surface area contributed by atoms with E-state index in [1.54, 1.807) is 0 Å². The SMILES string of the molecule is Cc1ccccc1CN(CC1CNC1)C1CCCCC1. The molecule has 0 atom stereocenters. The van der Waals surface area contributed by atoms with E-state index in [0.29, 0.717) is 0 Å². The second kappa shape index (κ2) is 6.73. The number of hydrogen-bond donors (Lipinski definition) is 1. The van der Waals surface area contributed by atoms with Crippen molar-refractivity contribution in [2.45, 2.75) is 51.6 Å². The van der Waals surface area contributed by atoms with Crippen LogP contribution in [-0.4, -0.2) is 30.6 Å². The highest BCUT2D eigenvalue weighted by molar-refractivity contribution is 5.25. The third-order valence-corrected chi connectivity index (χ3v) is 5.08. The molecule has 1 aromatic carbocycles. The number of nitrogens with one attached hydrogen (secondary N) is 1. The van der Waals surface area contributed by atoms with Crippen molar-refractivity contribution in [1.82, 2.24) is 10.2 Å². The number of rotatable bonds is 5. The molecule has 0 unspecified atom stereocenters. The van der Waals surface area contributed by atoms with Crippen LogP contribution in [0.5, 0.6) is 0 Å². The quantitative estimate of drug-likeness (QED) is 0.884. The lowest BCUT2D eigenvalue weighted by molar-refractivity contribution is 0.109. The highest BCUT2D eigenvalue weighted by Crippen LogP contribution is 2.26. The fourth-order valence-electron chi connectivity index (χ4n) is 3.60. The largest absolute Gasteiger partial charge is 0.316 e. The highest BCUT2D eigenvalue weighted by atomic mass is 15.2. The molecule has 1 heterocycles. The van der Waals surface area contributed by atoms with Gasteiger partial charge in [-0.15, -0.1) is 0 Å². The van der Waals surface area contributed by atoms with E-state index < -0.39 is 0 Å². The van der Waals surface area contributed by atoms with Crippen LogP contribution in [0.2, 0.25) is 0 Å². The van der Waals surface area contributed by atoms with Crippen LogP contribution in [0.25, 0.3) is 0 Å². The summed E-state index contributed by atoms with van der Waals surface area (Å²) in [6.45, 7) is 7.12. The third-order valence-electron chi connectivity index (χ3n) is 5.08. The first-order chi connectivity index (χ1) is 9.83. The van der Waals surface area contributed by atoms with Crippen molar-refractivity contribution in [2.75, 3.05) is 19.6 Å². The first-order valence-electron chi connectivity index (χ1n) is 8.32. The Labute approximate surface area is 123 Å². The minimum absolute atomic E-state index is 0.823. The van der Waals surface area contributed by atoms with Crippen molar-refractivity contribution < 1.29 is 0 Å². The fourth-order valence-corrected chi connectivity index (χ4v) is 3.60. The van der Waals surface area contributed by atoms with Gasteiger partial charge in [-0.25, -0.2) is 0 Å². The summed E-state index contributed by atoms with van der Waals surface area (Å²) in [5.41, 5.74) is 2.96. The topological polar surface area (TPSA) is 15.3 Å². The second-order valence-electron chi connectivity index (χ2n) is 6.67. The van der Waals surface area contributed by atoms with Gasteiger partial charge in [0, 0.05) is 32.2 Å². The molecule has 1 aromatic rings. The maximum absolute atomic E-state index is 3.42. The lowest BCUT2D eigenvalue weighted by Gasteiger charge is -2.39. The van der Waals surface area contributed by atoms with Crippen LogP contribution in [0, 0.1) is 12.8 Å². The molecule has 1 aliphatic heterocycles. The van der Waals surface area contributed by atoms with E-state index in [4.69, 9.17) is 0 Å². The Morgan fingerprint density at radius 1 is 1.10 bits per heavy atom. The second-order valence-corrected chi connectivity index (χ2v) is 6.67. The molecule has 0 bridgehead atoms. The molecule has 1 saturated carbocycles. The van der Waals surface area contributed by atoms with Gasteiger partial charge in [0.05, 0.1) is 0 Å². The maximum atomic E-state index is 3.42. The number of nitrogens with zero attached hydrogens (tertiary/aromatic N) is 1. The Kier molecular flexibility index (Phi) is 4.74. The van der Waals surface area contributed by atoms with Gasteiger partial charge in [0.25, 0.3) is 0 Å². The van der Waals surface area contributed by atoms with Crippen LogP contribution in [0.1, 0.15) is 43.2 Å². The molecule has 2 nitrogen and oxygen atoms in total. The molecule has 1 aliphatic carbocycles.